The van der Waals surface area contributed by atoms with E-state index in [1.54, 1.807) is 17.0 Å². The molecule has 7 nitrogen and oxygen atoms in total. The van der Waals surface area contributed by atoms with Gasteiger partial charge in [-0.2, -0.15) is 4.98 Å². The SMILES string of the molecule is CCNc1nc(C)c2cc(-c3cncnc3)c(=O)n(CC)c2n1. The molecule has 0 bridgehead atoms. The summed E-state index contributed by atoms with van der Waals surface area (Å²) in [5, 5.41) is 3.95. The van der Waals surface area contributed by atoms with Gasteiger partial charge in [-0.3, -0.25) is 9.36 Å². The van der Waals surface area contributed by atoms with E-state index in [9.17, 15) is 4.79 Å². The second-order valence-electron chi connectivity index (χ2n) is 5.13. The molecule has 0 spiro atoms. The van der Waals surface area contributed by atoms with Crippen molar-refractivity contribution in [2.75, 3.05) is 11.9 Å². The van der Waals surface area contributed by atoms with Crippen LogP contribution in [-0.4, -0.2) is 31.0 Å². The standard InChI is InChI=1S/C16H18N6O/c1-4-19-16-20-10(3)12-6-13(11-7-17-9-18-8-11)15(23)22(5-2)14(12)21-16/h6-9H,4-5H2,1-3H3,(H,19,20,21). The number of aromatic nitrogens is 5. The van der Waals surface area contributed by atoms with E-state index < -0.39 is 0 Å². The van der Waals surface area contributed by atoms with Crippen molar-refractivity contribution in [2.24, 2.45) is 0 Å². The number of pyridine rings is 1. The molecular formula is C16H18N6O. The molecule has 7 heteroatoms. The average Bonchev–Trinajstić information content (AvgIpc) is 2.56. The van der Waals surface area contributed by atoms with Crippen molar-refractivity contribution in [1.29, 1.82) is 0 Å². The Balaban J connectivity index is 2.35. The van der Waals surface area contributed by atoms with Gasteiger partial charge in [-0.05, 0) is 26.8 Å². The number of anilines is 1. The van der Waals surface area contributed by atoms with E-state index in [-0.39, 0.29) is 5.56 Å². The zero-order valence-corrected chi connectivity index (χ0v) is 13.4. The molecule has 3 aromatic heterocycles. The van der Waals surface area contributed by atoms with Crippen LogP contribution in [0.2, 0.25) is 0 Å². The predicted octanol–water partition coefficient (Wildman–Crippen LogP) is 2.01. The average molecular weight is 310 g/mol. The summed E-state index contributed by atoms with van der Waals surface area (Å²) in [4.78, 5) is 29.8. The molecule has 3 heterocycles. The number of nitrogens with zero attached hydrogens (tertiary/aromatic N) is 5. The van der Waals surface area contributed by atoms with E-state index in [0.717, 1.165) is 17.6 Å². The lowest BCUT2D eigenvalue weighted by Gasteiger charge is -2.13. The molecule has 0 amide bonds. The number of hydrogen-bond donors (Lipinski definition) is 1. The minimum absolute atomic E-state index is 0.102. The fraction of sp³-hybridized carbons (Fsp3) is 0.312. The van der Waals surface area contributed by atoms with Crippen LogP contribution in [0.1, 0.15) is 19.5 Å². The van der Waals surface area contributed by atoms with E-state index in [1.807, 2.05) is 26.8 Å². The van der Waals surface area contributed by atoms with E-state index >= 15 is 0 Å². The number of hydrogen-bond acceptors (Lipinski definition) is 6. The third-order valence-corrected chi connectivity index (χ3v) is 3.66. The van der Waals surface area contributed by atoms with Gasteiger partial charge < -0.3 is 5.32 Å². The zero-order chi connectivity index (χ0) is 16.4. The quantitative estimate of drug-likeness (QED) is 0.793. The van der Waals surface area contributed by atoms with Crippen molar-refractivity contribution in [2.45, 2.75) is 27.3 Å². The van der Waals surface area contributed by atoms with E-state index in [4.69, 9.17) is 0 Å². The van der Waals surface area contributed by atoms with E-state index in [1.165, 1.54) is 6.33 Å². The first kappa shape index (κ1) is 15.1. The number of rotatable bonds is 4. The molecule has 0 aliphatic heterocycles. The van der Waals surface area contributed by atoms with Crippen LogP contribution in [0, 0.1) is 6.92 Å². The number of fused-ring (bicyclic) bond motifs is 1. The van der Waals surface area contributed by atoms with Gasteiger partial charge in [0.1, 0.15) is 12.0 Å². The molecular weight excluding hydrogens is 292 g/mol. The maximum atomic E-state index is 12.8. The summed E-state index contributed by atoms with van der Waals surface area (Å²) in [6.45, 7) is 7.07. The monoisotopic (exact) mass is 310 g/mol. The maximum Gasteiger partial charge on any atom is 0.260 e. The molecule has 0 saturated carbocycles. The minimum Gasteiger partial charge on any atom is -0.354 e. The number of nitrogens with one attached hydrogen (secondary N) is 1. The molecule has 0 aliphatic carbocycles. The first-order valence-electron chi connectivity index (χ1n) is 7.57. The summed E-state index contributed by atoms with van der Waals surface area (Å²) >= 11 is 0. The largest absolute Gasteiger partial charge is 0.354 e. The zero-order valence-electron chi connectivity index (χ0n) is 13.4. The van der Waals surface area contributed by atoms with Crippen molar-refractivity contribution >= 4 is 17.0 Å². The van der Waals surface area contributed by atoms with Gasteiger partial charge in [0.05, 0.1) is 11.3 Å². The second-order valence-corrected chi connectivity index (χ2v) is 5.13. The third-order valence-electron chi connectivity index (χ3n) is 3.66. The predicted molar refractivity (Wildman–Crippen MR) is 89.4 cm³/mol. The van der Waals surface area contributed by atoms with Crippen LogP contribution < -0.4 is 10.9 Å². The molecule has 1 N–H and O–H groups in total. The molecule has 3 aromatic rings. The Labute approximate surface area is 133 Å². The Morgan fingerprint density at radius 1 is 1.17 bits per heavy atom. The van der Waals surface area contributed by atoms with Gasteiger partial charge in [0, 0.05) is 36.4 Å². The second kappa shape index (κ2) is 6.12. The van der Waals surface area contributed by atoms with Gasteiger partial charge in [0.25, 0.3) is 5.56 Å². The topological polar surface area (TPSA) is 85.6 Å². The highest BCUT2D eigenvalue weighted by atomic mass is 16.1. The fourth-order valence-corrected chi connectivity index (χ4v) is 2.56. The van der Waals surface area contributed by atoms with Gasteiger partial charge >= 0.3 is 0 Å². The first-order chi connectivity index (χ1) is 11.2. The highest BCUT2D eigenvalue weighted by Crippen LogP contribution is 2.22. The van der Waals surface area contributed by atoms with Crippen LogP contribution in [-0.2, 0) is 6.54 Å². The molecule has 0 aromatic carbocycles. The summed E-state index contributed by atoms with van der Waals surface area (Å²) in [6, 6.07) is 1.83. The summed E-state index contributed by atoms with van der Waals surface area (Å²) < 4.78 is 1.66. The van der Waals surface area contributed by atoms with Gasteiger partial charge in [-0.15, -0.1) is 0 Å². The lowest BCUT2D eigenvalue weighted by atomic mass is 10.1. The normalized spacial score (nSPS) is 10.9. The lowest BCUT2D eigenvalue weighted by Crippen LogP contribution is -2.23. The Kier molecular flexibility index (Phi) is 4.01. The molecule has 23 heavy (non-hydrogen) atoms. The molecule has 0 unspecified atom stereocenters. The minimum atomic E-state index is -0.102. The van der Waals surface area contributed by atoms with Gasteiger partial charge in [0.2, 0.25) is 5.95 Å². The van der Waals surface area contributed by atoms with Gasteiger partial charge in [-0.25, -0.2) is 15.0 Å². The Morgan fingerprint density at radius 2 is 1.91 bits per heavy atom. The summed E-state index contributed by atoms with van der Waals surface area (Å²) in [5.74, 6) is 0.537. The van der Waals surface area contributed by atoms with Gasteiger partial charge in [0.15, 0.2) is 0 Å². The Hall–Kier alpha value is -2.83. The van der Waals surface area contributed by atoms with Crippen molar-refractivity contribution in [3.8, 4) is 11.1 Å². The summed E-state index contributed by atoms with van der Waals surface area (Å²) in [6.07, 6.45) is 4.72. The van der Waals surface area contributed by atoms with Crippen LogP contribution in [0.3, 0.4) is 0 Å². The molecule has 0 radical (unpaired) electrons. The smallest absolute Gasteiger partial charge is 0.260 e. The molecule has 0 saturated heterocycles. The van der Waals surface area contributed by atoms with Crippen LogP contribution in [0.4, 0.5) is 5.95 Å². The molecule has 0 fully saturated rings. The van der Waals surface area contributed by atoms with Crippen molar-refractivity contribution in [3.05, 3.63) is 40.8 Å². The van der Waals surface area contributed by atoms with E-state index in [2.05, 4.69) is 25.3 Å². The van der Waals surface area contributed by atoms with Crippen LogP contribution >= 0.6 is 0 Å². The molecule has 3 rings (SSSR count). The molecule has 0 aliphatic rings. The van der Waals surface area contributed by atoms with Crippen LogP contribution in [0.15, 0.2) is 29.6 Å². The van der Waals surface area contributed by atoms with Crippen molar-refractivity contribution in [3.63, 3.8) is 0 Å². The first-order valence-corrected chi connectivity index (χ1v) is 7.57. The Bertz CT molecular complexity index is 904. The molecule has 0 atom stereocenters. The Morgan fingerprint density at radius 3 is 2.57 bits per heavy atom. The lowest BCUT2D eigenvalue weighted by molar-refractivity contribution is 0.749. The summed E-state index contributed by atoms with van der Waals surface area (Å²) in [5.41, 5.74) is 2.61. The van der Waals surface area contributed by atoms with Crippen molar-refractivity contribution in [1.82, 2.24) is 24.5 Å². The summed E-state index contributed by atoms with van der Waals surface area (Å²) in [7, 11) is 0. The van der Waals surface area contributed by atoms with E-state index in [0.29, 0.717) is 29.3 Å². The molecule has 118 valence electrons. The maximum absolute atomic E-state index is 12.8. The highest BCUT2D eigenvalue weighted by molar-refractivity contribution is 5.83. The number of aryl methyl sites for hydroxylation is 2. The highest BCUT2D eigenvalue weighted by Gasteiger charge is 2.14. The third kappa shape index (κ3) is 2.65. The fourth-order valence-electron chi connectivity index (χ4n) is 2.56. The van der Waals surface area contributed by atoms with Crippen molar-refractivity contribution < 1.29 is 0 Å². The van der Waals surface area contributed by atoms with Crippen LogP contribution in [0.5, 0.6) is 0 Å². The van der Waals surface area contributed by atoms with Gasteiger partial charge in [-0.1, -0.05) is 0 Å². The van der Waals surface area contributed by atoms with Crippen LogP contribution in [0.25, 0.3) is 22.2 Å².